The van der Waals surface area contributed by atoms with Crippen LogP contribution in [0.2, 0.25) is 0 Å². The van der Waals surface area contributed by atoms with Gasteiger partial charge in [0.25, 0.3) is 0 Å². The topological polar surface area (TPSA) is 131 Å². The van der Waals surface area contributed by atoms with Gasteiger partial charge in [0.15, 0.2) is 17.5 Å². The fourth-order valence-electron chi connectivity index (χ4n) is 3.52. The summed E-state index contributed by atoms with van der Waals surface area (Å²) in [5.74, 6) is 1.55. The largest absolute Gasteiger partial charge is 0.289 e. The van der Waals surface area contributed by atoms with Gasteiger partial charge in [-0.05, 0) is 41.3 Å². The highest BCUT2D eigenvalue weighted by Gasteiger charge is 2.36. The van der Waals surface area contributed by atoms with Crippen molar-refractivity contribution in [1.29, 1.82) is 0 Å². The van der Waals surface area contributed by atoms with Crippen molar-refractivity contribution in [3.63, 3.8) is 0 Å². The number of aromatic nitrogens is 9. The van der Waals surface area contributed by atoms with E-state index in [9.17, 15) is 0 Å². The Morgan fingerprint density at radius 3 is 2.35 bits per heavy atom. The Morgan fingerprint density at radius 2 is 1.65 bits per heavy atom. The summed E-state index contributed by atoms with van der Waals surface area (Å²) >= 11 is 2.49. The quantitative estimate of drug-likeness (QED) is 0.396. The molecule has 6 heterocycles. The van der Waals surface area contributed by atoms with Gasteiger partial charge in [0.1, 0.15) is 16.9 Å². The molecule has 11 nitrogen and oxygen atoms in total. The van der Waals surface area contributed by atoms with Crippen LogP contribution in [0.5, 0.6) is 0 Å². The number of anilines is 1. The molecule has 0 bridgehead atoms. The van der Waals surface area contributed by atoms with Crippen LogP contribution in [0.3, 0.4) is 0 Å². The fourth-order valence-corrected chi connectivity index (χ4v) is 4.37. The zero-order valence-electron chi connectivity index (χ0n) is 17.2. The summed E-state index contributed by atoms with van der Waals surface area (Å²) in [5, 5.41) is 7.90. The zero-order valence-corrected chi connectivity index (χ0v) is 18.8. The van der Waals surface area contributed by atoms with Crippen LogP contribution in [0.25, 0.3) is 22.5 Å². The molecule has 0 spiro atoms. The maximum atomic E-state index is 4.66. The lowest BCUT2D eigenvalue weighted by Gasteiger charge is -2.34. The maximum absolute atomic E-state index is 4.66. The number of hydrogen-bond donors (Lipinski definition) is 1. The van der Waals surface area contributed by atoms with E-state index in [4.69, 9.17) is 0 Å². The molecule has 0 aliphatic carbocycles. The van der Waals surface area contributed by atoms with Crippen LogP contribution in [0.15, 0.2) is 72.3 Å². The van der Waals surface area contributed by atoms with Crippen molar-refractivity contribution in [3.8, 4) is 0 Å². The van der Waals surface area contributed by atoms with E-state index in [1.807, 2.05) is 23.6 Å². The highest BCUT2D eigenvalue weighted by atomic mass is 32.1. The van der Waals surface area contributed by atoms with E-state index in [2.05, 4.69) is 49.3 Å². The minimum atomic E-state index is 0.486. The first-order valence-corrected chi connectivity index (χ1v) is 11.6. The van der Waals surface area contributed by atoms with Gasteiger partial charge in [0.2, 0.25) is 0 Å². The molecule has 1 N–H and O–H groups in total. The van der Waals surface area contributed by atoms with Gasteiger partial charge in [0, 0.05) is 36.6 Å². The monoisotopic (exact) mass is 483 g/mol. The van der Waals surface area contributed by atoms with Crippen molar-refractivity contribution in [3.05, 3.63) is 95.4 Å². The molecule has 34 heavy (non-hydrogen) atoms. The van der Waals surface area contributed by atoms with E-state index in [0.29, 0.717) is 45.8 Å². The van der Waals surface area contributed by atoms with Gasteiger partial charge in [-0.3, -0.25) is 20.4 Å². The fraction of sp³-hybridized carbons (Fsp3) is 0. The summed E-state index contributed by atoms with van der Waals surface area (Å²) in [6.45, 7) is 0. The Kier molecular flexibility index (Phi) is 5.21. The number of nitrogens with zero attached hydrogens (tertiary/aromatic N) is 10. The summed E-state index contributed by atoms with van der Waals surface area (Å²) in [5.41, 5.74) is 9.07. The van der Waals surface area contributed by atoms with Crippen molar-refractivity contribution in [2.24, 2.45) is 0 Å². The van der Waals surface area contributed by atoms with Crippen molar-refractivity contribution in [1.82, 2.24) is 49.3 Å². The van der Waals surface area contributed by atoms with E-state index >= 15 is 0 Å². The highest BCUT2D eigenvalue weighted by molar-refractivity contribution is 7.03. The maximum Gasteiger partial charge on any atom is 0.192 e. The summed E-state index contributed by atoms with van der Waals surface area (Å²) in [7, 11) is 0. The van der Waals surface area contributed by atoms with Crippen LogP contribution in [-0.4, -0.2) is 43.9 Å². The Labute approximate surface area is 201 Å². The molecule has 0 amide bonds. The van der Waals surface area contributed by atoms with E-state index in [0.717, 1.165) is 5.57 Å². The molecule has 0 saturated heterocycles. The van der Waals surface area contributed by atoms with E-state index in [1.165, 1.54) is 23.1 Å². The molecule has 164 valence electrons. The molecule has 0 atom stereocenters. The van der Waals surface area contributed by atoms with Crippen molar-refractivity contribution in [2.75, 3.05) is 5.01 Å². The molecule has 0 unspecified atom stereocenters. The van der Waals surface area contributed by atoms with Crippen LogP contribution < -0.4 is 10.4 Å². The Balaban J connectivity index is 1.75. The third kappa shape index (κ3) is 3.58. The zero-order chi connectivity index (χ0) is 22.7. The van der Waals surface area contributed by atoms with Gasteiger partial charge in [0.05, 0.1) is 28.5 Å². The summed E-state index contributed by atoms with van der Waals surface area (Å²) in [6, 6.07) is 7.47. The van der Waals surface area contributed by atoms with E-state index < -0.39 is 0 Å². The first-order valence-electron chi connectivity index (χ1n) is 9.95. The molecule has 5 aromatic rings. The Morgan fingerprint density at radius 1 is 0.765 bits per heavy atom. The van der Waals surface area contributed by atoms with Crippen LogP contribution >= 0.6 is 23.1 Å². The SMILES string of the molecule is c1ccc(C2=C(c3ncsn3)N(c3csnn3)NC(c3cnccn3)=C2c2ncccn2)nc1. The van der Waals surface area contributed by atoms with Gasteiger partial charge < -0.3 is 0 Å². The number of hydrogen-bond acceptors (Lipinski definition) is 13. The van der Waals surface area contributed by atoms with Gasteiger partial charge >= 0.3 is 0 Å². The Hall–Kier alpha value is -4.49. The van der Waals surface area contributed by atoms with Gasteiger partial charge in [-0.2, -0.15) is 4.37 Å². The van der Waals surface area contributed by atoms with Crippen molar-refractivity contribution < 1.29 is 0 Å². The van der Waals surface area contributed by atoms with Crippen LogP contribution in [0.1, 0.15) is 23.0 Å². The molecule has 0 aromatic carbocycles. The summed E-state index contributed by atoms with van der Waals surface area (Å²) < 4.78 is 8.58. The Bertz CT molecular complexity index is 1450. The van der Waals surface area contributed by atoms with Gasteiger partial charge in [-0.25, -0.2) is 20.0 Å². The summed E-state index contributed by atoms with van der Waals surface area (Å²) in [4.78, 5) is 27.1. The lowest BCUT2D eigenvalue weighted by atomic mass is 9.93. The third-order valence-electron chi connectivity index (χ3n) is 4.86. The van der Waals surface area contributed by atoms with Crippen LogP contribution in [0, 0.1) is 0 Å². The molecule has 0 radical (unpaired) electrons. The molecular weight excluding hydrogens is 470 g/mol. The first kappa shape index (κ1) is 20.1. The lowest BCUT2D eigenvalue weighted by molar-refractivity contribution is 0.862. The number of rotatable bonds is 5. The predicted molar refractivity (Wildman–Crippen MR) is 127 cm³/mol. The molecule has 5 aromatic heterocycles. The van der Waals surface area contributed by atoms with E-state index in [-0.39, 0.29) is 0 Å². The number of hydrazine groups is 1. The average molecular weight is 484 g/mol. The molecular formula is C21H13N11S2. The number of nitrogens with one attached hydrogen (secondary N) is 1. The number of pyridine rings is 1. The second kappa shape index (κ2) is 8.80. The first-order chi connectivity index (χ1) is 16.9. The molecule has 13 heteroatoms. The van der Waals surface area contributed by atoms with Gasteiger partial charge in [-0.1, -0.05) is 10.6 Å². The third-order valence-corrected chi connectivity index (χ3v) is 5.83. The molecule has 1 aliphatic heterocycles. The number of allylic oxidation sites excluding steroid dienone is 2. The predicted octanol–water partition coefficient (Wildman–Crippen LogP) is 2.83. The van der Waals surface area contributed by atoms with Gasteiger partial charge in [-0.15, -0.1) is 5.10 Å². The average Bonchev–Trinajstić information content (AvgIpc) is 3.64. The molecule has 0 fully saturated rings. The lowest BCUT2D eigenvalue weighted by Crippen LogP contribution is -2.40. The minimum Gasteiger partial charge on any atom is -0.289 e. The second-order valence-corrected chi connectivity index (χ2v) is 8.03. The van der Waals surface area contributed by atoms with Crippen LogP contribution in [-0.2, 0) is 0 Å². The second-order valence-electron chi connectivity index (χ2n) is 6.82. The standard InChI is InChI=1S/C21H13N11S2/c1-2-5-23-13(4-1)16-17(20-25-6-3-7-26-20)18(14-10-22-8-9-24-14)29-32(15-11-33-31-28-15)19(16)21-27-12-34-30-21/h1-12,29H. The molecule has 6 rings (SSSR count). The van der Waals surface area contributed by atoms with E-state index in [1.54, 1.807) is 53.8 Å². The highest BCUT2D eigenvalue weighted by Crippen LogP contribution is 2.44. The van der Waals surface area contributed by atoms with Crippen LogP contribution in [0.4, 0.5) is 5.82 Å². The normalized spacial score (nSPS) is 13.8. The molecule has 0 saturated carbocycles. The van der Waals surface area contributed by atoms with Crippen molar-refractivity contribution in [2.45, 2.75) is 0 Å². The summed E-state index contributed by atoms with van der Waals surface area (Å²) in [6.07, 6.45) is 10.0. The molecule has 1 aliphatic rings. The van der Waals surface area contributed by atoms with Crippen molar-refractivity contribution >= 4 is 51.4 Å². The minimum absolute atomic E-state index is 0.486. The smallest absolute Gasteiger partial charge is 0.192 e.